The SMILES string of the molecule is O=S(=O)(Nc1cc(F)c(F)cc1F)c1cc(CO)oc1Br. The first kappa shape index (κ1) is 15.9. The number of sulfonamides is 1. The van der Waals surface area contributed by atoms with Crippen molar-refractivity contribution in [1.29, 1.82) is 0 Å². The van der Waals surface area contributed by atoms with Crippen molar-refractivity contribution in [1.82, 2.24) is 0 Å². The van der Waals surface area contributed by atoms with Crippen LogP contribution in [0.5, 0.6) is 0 Å². The zero-order chi connectivity index (χ0) is 15.8. The van der Waals surface area contributed by atoms with Gasteiger partial charge >= 0.3 is 0 Å². The quantitative estimate of drug-likeness (QED) is 0.793. The summed E-state index contributed by atoms with van der Waals surface area (Å²) in [6.07, 6.45) is 0. The molecule has 0 spiro atoms. The standard InChI is InChI=1S/C11H7BrF3NO4S/c12-11-10(1-5(4-17)20-11)21(18,19)16-9-3-7(14)6(13)2-8(9)15/h1-3,16-17H,4H2. The largest absolute Gasteiger partial charge is 0.450 e. The van der Waals surface area contributed by atoms with Crippen molar-refractivity contribution < 1.29 is 31.1 Å². The van der Waals surface area contributed by atoms with Gasteiger partial charge in [-0.2, -0.15) is 0 Å². The topological polar surface area (TPSA) is 79.5 Å². The number of anilines is 1. The molecule has 5 nitrogen and oxygen atoms in total. The van der Waals surface area contributed by atoms with Crippen LogP contribution in [-0.4, -0.2) is 13.5 Å². The van der Waals surface area contributed by atoms with Crippen molar-refractivity contribution in [3.05, 3.63) is 46.1 Å². The molecule has 0 aliphatic rings. The predicted molar refractivity (Wildman–Crippen MR) is 69.5 cm³/mol. The molecule has 2 rings (SSSR count). The number of hydrogen-bond acceptors (Lipinski definition) is 4. The summed E-state index contributed by atoms with van der Waals surface area (Å²) in [7, 11) is -4.32. The number of aliphatic hydroxyl groups excluding tert-OH is 1. The Morgan fingerprint density at radius 2 is 1.76 bits per heavy atom. The summed E-state index contributed by atoms with van der Waals surface area (Å²) in [5, 5.41) is 8.86. The van der Waals surface area contributed by atoms with Crippen LogP contribution in [0, 0.1) is 17.5 Å². The fourth-order valence-corrected chi connectivity index (χ4v) is 3.52. The Bertz CT molecular complexity index is 791. The van der Waals surface area contributed by atoms with Gasteiger partial charge in [0.15, 0.2) is 16.3 Å². The van der Waals surface area contributed by atoms with Crippen molar-refractivity contribution in [3.8, 4) is 0 Å². The van der Waals surface area contributed by atoms with E-state index in [0.29, 0.717) is 6.07 Å². The highest BCUT2D eigenvalue weighted by atomic mass is 79.9. The molecule has 1 heterocycles. The summed E-state index contributed by atoms with van der Waals surface area (Å²) < 4.78 is 69.8. The Morgan fingerprint density at radius 1 is 1.14 bits per heavy atom. The van der Waals surface area contributed by atoms with Crippen LogP contribution in [0.2, 0.25) is 0 Å². The summed E-state index contributed by atoms with van der Waals surface area (Å²) in [5.74, 6) is -4.17. The lowest BCUT2D eigenvalue weighted by Crippen LogP contribution is -2.14. The van der Waals surface area contributed by atoms with Crippen molar-refractivity contribution in [2.45, 2.75) is 11.5 Å². The first-order valence-corrected chi connectivity index (χ1v) is 7.58. The van der Waals surface area contributed by atoms with E-state index < -0.39 is 44.7 Å². The molecular weight excluding hydrogens is 379 g/mol. The van der Waals surface area contributed by atoms with Gasteiger partial charge in [-0.05, 0) is 15.9 Å². The van der Waals surface area contributed by atoms with Gasteiger partial charge in [-0.3, -0.25) is 4.72 Å². The molecule has 21 heavy (non-hydrogen) atoms. The highest BCUT2D eigenvalue weighted by Gasteiger charge is 2.24. The van der Waals surface area contributed by atoms with Crippen LogP contribution in [0.1, 0.15) is 5.76 Å². The lowest BCUT2D eigenvalue weighted by Gasteiger charge is -2.08. The van der Waals surface area contributed by atoms with E-state index in [2.05, 4.69) is 15.9 Å². The minimum atomic E-state index is -4.32. The Kier molecular flexibility index (Phi) is 4.30. The molecule has 10 heteroatoms. The molecule has 2 N–H and O–H groups in total. The van der Waals surface area contributed by atoms with Gasteiger partial charge in [0.2, 0.25) is 0 Å². The fourth-order valence-electron chi connectivity index (χ4n) is 1.46. The van der Waals surface area contributed by atoms with E-state index in [1.54, 1.807) is 4.72 Å². The molecular formula is C11H7BrF3NO4S. The number of hydrogen-bond donors (Lipinski definition) is 2. The molecule has 114 valence electrons. The van der Waals surface area contributed by atoms with Gasteiger partial charge in [0.1, 0.15) is 23.1 Å². The number of benzene rings is 1. The summed E-state index contributed by atoms with van der Waals surface area (Å²) in [5.41, 5.74) is -0.757. The fraction of sp³-hybridized carbons (Fsp3) is 0.0909. The number of nitrogens with one attached hydrogen (secondary N) is 1. The van der Waals surface area contributed by atoms with Crippen LogP contribution in [0.15, 0.2) is 32.2 Å². The molecule has 0 aliphatic heterocycles. The van der Waals surface area contributed by atoms with Gasteiger partial charge in [-0.25, -0.2) is 21.6 Å². The Morgan fingerprint density at radius 3 is 2.33 bits per heavy atom. The van der Waals surface area contributed by atoms with Crippen LogP contribution in [-0.2, 0) is 16.6 Å². The summed E-state index contributed by atoms with van der Waals surface area (Å²) in [4.78, 5) is -0.421. The first-order chi connectivity index (χ1) is 9.74. The zero-order valence-corrected chi connectivity index (χ0v) is 12.4. The third-order valence-corrected chi connectivity index (χ3v) is 4.63. The van der Waals surface area contributed by atoms with Crippen molar-refractivity contribution in [2.24, 2.45) is 0 Å². The Labute approximate surface area is 125 Å². The van der Waals surface area contributed by atoms with Crippen molar-refractivity contribution >= 4 is 31.6 Å². The van der Waals surface area contributed by atoms with Crippen molar-refractivity contribution in [3.63, 3.8) is 0 Å². The summed E-state index contributed by atoms with van der Waals surface area (Å²) >= 11 is 2.83. The molecule has 0 aliphatic carbocycles. The van der Waals surface area contributed by atoms with Gasteiger partial charge in [-0.1, -0.05) is 0 Å². The van der Waals surface area contributed by atoms with Gasteiger partial charge in [0, 0.05) is 18.2 Å². The van der Waals surface area contributed by atoms with Gasteiger partial charge in [0.05, 0.1) is 5.69 Å². The highest BCUT2D eigenvalue weighted by Crippen LogP contribution is 2.29. The molecule has 0 fully saturated rings. The van der Waals surface area contributed by atoms with Crippen molar-refractivity contribution in [2.75, 3.05) is 4.72 Å². The molecule has 1 aromatic carbocycles. The molecule has 0 saturated heterocycles. The molecule has 0 bridgehead atoms. The average Bonchev–Trinajstić information content (AvgIpc) is 2.78. The maximum Gasteiger partial charge on any atom is 0.266 e. The van der Waals surface area contributed by atoms with Crippen LogP contribution in [0.4, 0.5) is 18.9 Å². The lowest BCUT2D eigenvalue weighted by atomic mass is 10.3. The van der Waals surface area contributed by atoms with E-state index in [0.717, 1.165) is 6.07 Å². The van der Waals surface area contributed by atoms with Gasteiger partial charge < -0.3 is 9.52 Å². The summed E-state index contributed by atoms with van der Waals surface area (Å²) in [6.45, 7) is -0.548. The molecule has 0 unspecified atom stereocenters. The second-order valence-electron chi connectivity index (χ2n) is 3.86. The predicted octanol–water partition coefficient (Wildman–Crippen LogP) is 2.75. The third-order valence-electron chi connectivity index (χ3n) is 2.41. The maximum atomic E-state index is 13.4. The zero-order valence-electron chi connectivity index (χ0n) is 10.0. The normalized spacial score (nSPS) is 11.7. The Hall–Kier alpha value is -1.52. The molecule has 0 radical (unpaired) electrons. The smallest absolute Gasteiger partial charge is 0.266 e. The average molecular weight is 386 g/mol. The maximum absolute atomic E-state index is 13.4. The van der Waals surface area contributed by atoms with E-state index in [1.807, 2.05) is 0 Å². The van der Waals surface area contributed by atoms with E-state index in [-0.39, 0.29) is 16.5 Å². The summed E-state index contributed by atoms with van der Waals surface area (Å²) in [6, 6.07) is 1.60. The molecule has 0 atom stereocenters. The van der Waals surface area contributed by atoms with E-state index in [4.69, 9.17) is 9.52 Å². The van der Waals surface area contributed by atoms with E-state index in [1.165, 1.54) is 0 Å². The van der Waals surface area contributed by atoms with Crippen LogP contribution in [0.25, 0.3) is 0 Å². The lowest BCUT2D eigenvalue weighted by molar-refractivity contribution is 0.245. The molecule has 2 aromatic rings. The minimum absolute atomic E-state index is 0.0481. The monoisotopic (exact) mass is 385 g/mol. The molecule has 0 saturated carbocycles. The number of halogens is 4. The van der Waals surface area contributed by atoms with E-state index in [9.17, 15) is 21.6 Å². The van der Waals surface area contributed by atoms with E-state index >= 15 is 0 Å². The van der Waals surface area contributed by atoms with Gasteiger partial charge in [-0.15, -0.1) is 0 Å². The molecule has 1 aromatic heterocycles. The number of rotatable bonds is 4. The highest BCUT2D eigenvalue weighted by molar-refractivity contribution is 9.10. The second-order valence-corrected chi connectivity index (χ2v) is 6.23. The minimum Gasteiger partial charge on any atom is -0.450 e. The number of furan rings is 1. The number of aliphatic hydroxyl groups is 1. The van der Waals surface area contributed by atoms with Gasteiger partial charge in [0.25, 0.3) is 10.0 Å². The first-order valence-electron chi connectivity index (χ1n) is 5.31. The van der Waals surface area contributed by atoms with Crippen LogP contribution < -0.4 is 4.72 Å². The Balaban J connectivity index is 2.42. The third kappa shape index (κ3) is 3.22. The second kappa shape index (κ2) is 5.70. The van der Waals surface area contributed by atoms with Crippen LogP contribution in [0.3, 0.4) is 0 Å². The molecule has 0 amide bonds. The van der Waals surface area contributed by atoms with Crippen LogP contribution >= 0.6 is 15.9 Å².